The Bertz CT molecular complexity index is 1040. The number of carbonyl (C=O) groups excluding carboxylic acids is 4. The number of amides is 5. The Morgan fingerprint density at radius 3 is 2.24 bits per heavy atom. The van der Waals surface area contributed by atoms with E-state index in [9.17, 15) is 33.5 Å². The monoisotopic (exact) mass is 472 g/mol. The molecule has 1 aromatic carbocycles. The van der Waals surface area contributed by atoms with Gasteiger partial charge in [0.1, 0.15) is 12.2 Å². The van der Waals surface area contributed by atoms with Crippen LogP contribution in [0.1, 0.15) is 46.4 Å². The summed E-state index contributed by atoms with van der Waals surface area (Å²) in [7, 11) is 0. The van der Waals surface area contributed by atoms with Gasteiger partial charge in [-0.25, -0.2) is 9.18 Å². The number of alkyl halides is 1. The Balaban J connectivity index is 1.30. The molecule has 180 valence electrons. The van der Waals surface area contributed by atoms with E-state index in [4.69, 9.17) is 0 Å². The maximum atomic E-state index is 13.8. The number of likely N-dealkylation sites (tertiary alicyclic amines) is 2. The van der Waals surface area contributed by atoms with Gasteiger partial charge in [0.15, 0.2) is 0 Å². The highest BCUT2D eigenvalue weighted by Gasteiger charge is 2.46. The number of hydrogen-bond donors (Lipinski definition) is 2. The quantitative estimate of drug-likeness (QED) is 0.613. The molecule has 34 heavy (non-hydrogen) atoms. The fourth-order valence-electron chi connectivity index (χ4n) is 5.19. The van der Waals surface area contributed by atoms with Crippen LogP contribution in [0.2, 0.25) is 0 Å². The lowest BCUT2D eigenvalue weighted by Gasteiger charge is -2.27. The maximum absolute atomic E-state index is 13.8. The number of carbonyl (C=O) groups is 5. The van der Waals surface area contributed by atoms with Gasteiger partial charge in [-0.2, -0.15) is 0 Å². The van der Waals surface area contributed by atoms with E-state index < -0.39 is 48.1 Å². The van der Waals surface area contributed by atoms with Crippen LogP contribution < -0.4 is 5.32 Å². The van der Waals surface area contributed by atoms with Crippen molar-refractivity contribution < 1.29 is 33.5 Å². The van der Waals surface area contributed by atoms with Crippen molar-refractivity contribution in [3.8, 4) is 0 Å². The van der Waals surface area contributed by atoms with Crippen molar-refractivity contribution in [2.24, 2.45) is 5.92 Å². The van der Waals surface area contributed by atoms with Gasteiger partial charge in [-0.15, -0.1) is 0 Å². The molecule has 11 heteroatoms. The molecular weight excluding hydrogens is 447 g/mol. The Kier molecular flexibility index (Phi) is 5.49. The summed E-state index contributed by atoms with van der Waals surface area (Å²) in [4.78, 5) is 66.3. The Morgan fingerprint density at radius 2 is 1.65 bits per heavy atom. The van der Waals surface area contributed by atoms with Crippen LogP contribution in [0, 0.1) is 5.92 Å². The molecule has 4 aliphatic rings. The standard InChI is InChI=1S/C23H25FN4O6/c24-13-7-18(27(9-13)23(33)34)19(29)25-14-8-15(26(10-14)20(30)12-5-6-12)11-28-21(31)16-3-1-2-4-17(16)22(28)32/h1-4,12-15,18H,5-11H2,(H,25,29)(H,33,34)/t13-,14+,15+,18-/m0/s1. The molecule has 0 bridgehead atoms. The first-order valence-corrected chi connectivity index (χ1v) is 11.4. The average molecular weight is 472 g/mol. The minimum atomic E-state index is -1.41. The van der Waals surface area contributed by atoms with Crippen LogP contribution >= 0.6 is 0 Å². The number of nitrogens with zero attached hydrogens (tertiary/aromatic N) is 3. The summed E-state index contributed by atoms with van der Waals surface area (Å²) in [5.74, 6) is -1.60. The molecule has 10 nitrogen and oxygen atoms in total. The molecule has 1 aliphatic carbocycles. The Morgan fingerprint density at radius 1 is 1.00 bits per heavy atom. The molecule has 3 heterocycles. The number of benzene rings is 1. The Labute approximate surface area is 194 Å². The van der Waals surface area contributed by atoms with E-state index in [2.05, 4.69) is 5.32 Å². The summed E-state index contributed by atoms with van der Waals surface area (Å²) in [6.07, 6.45) is -1.13. The molecule has 3 fully saturated rings. The highest BCUT2D eigenvalue weighted by atomic mass is 19.1. The van der Waals surface area contributed by atoms with Crippen LogP contribution in [-0.4, -0.2) is 93.5 Å². The van der Waals surface area contributed by atoms with Gasteiger partial charge in [0.25, 0.3) is 11.8 Å². The molecule has 2 N–H and O–H groups in total. The zero-order valence-electron chi connectivity index (χ0n) is 18.4. The smallest absolute Gasteiger partial charge is 0.408 e. The molecule has 0 unspecified atom stereocenters. The van der Waals surface area contributed by atoms with Crippen LogP contribution in [0.4, 0.5) is 9.18 Å². The van der Waals surface area contributed by atoms with Gasteiger partial charge in [0, 0.05) is 31.5 Å². The van der Waals surface area contributed by atoms with Crippen LogP contribution in [0.15, 0.2) is 24.3 Å². The van der Waals surface area contributed by atoms with Gasteiger partial charge in [-0.1, -0.05) is 12.1 Å². The van der Waals surface area contributed by atoms with Crippen molar-refractivity contribution >= 4 is 29.7 Å². The van der Waals surface area contributed by atoms with E-state index in [1.165, 1.54) is 0 Å². The number of nitrogens with one attached hydrogen (secondary N) is 1. The van der Waals surface area contributed by atoms with E-state index in [0.717, 1.165) is 22.6 Å². The van der Waals surface area contributed by atoms with E-state index in [0.29, 0.717) is 17.5 Å². The third-order valence-electron chi connectivity index (χ3n) is 7.04. The Hall–Kier alpha value is -3.50. The largest absolute Gasteiger partial charge is 0.465 e. The predicted molar refractivity (Wildman–Crippen MR) is 115 cm³/mol. The molecule has 5 amide bonds. The number of hydrogen-bond acceptors (Lipinski definition) is 5. The van der Waals surface area contributed by atoms with E-state index in [-0.39, 0.29) is 37.9 Å². The van der Waals surface area contributed by atoms with E-state index >= 15 is 0 Å². The first kappa shape index (κ1) is 22.3. The molecule has 3 aliphatic heterocycles. The van der Waals surface area contributed by atoms with E-state index in [1.54, 1.807) is 29.2 Å². The van der Waals surface area contributed by atoms with Gasteiger partial charge in [0.2, 0.25) is 11.8 Å². The second-order valence-electron chi connectivity index (χ2n) is 9.41. The SMILES string of the molecule is O=C(N[C@@H]1C[C@H](CN2C(=O)c3ccccc3C2=O)N(C(=O)C2CC2)C1)[C@@H]1C[C@H](F)CN1C(=O)O. The minimum absolute atomic E-state index is 0.00834. The summed E-state index contributed by atoms with van der Waals surface area (Å²) in [6.45, 7) is -0.158. The van der Waals surface area contributed by atoms with Gasteiger partial charge in [0.05, 0.1) is 23.7 Å². The van der Waals surface area contributed by atoms with Crippen molar-refractivity contribution in [3.63, 3.8) is 0 Å². The van der Waals surface area contributed by atoms with Gasteiger partial charge in [-0.3, -0.25) is 29.0 Å². The highest BCUT2D eigenvalue weighted by molar-refractivity contribution is 6.21. The van der Waals surface area contributed by atoms with Crippen LogP contribution in [-0.2, 0) is 9.59 Å². The third kappa shape index (κ3) is 3.88. The van der Waals surface area contributed by atoms with Crippen molar-refractivity contribution in [1.82, 2.24) is 20.0 Å². The van der Waals surface area contributed by atoms with Crippen molar-refractivity contribution in [3.05, 3.63) is 35.4 Å². The lowest BCUT2D eigenvalue weighted by molar-refractivity contribution is -0.134. The molecule has 0 aromatic heterocycles. The minimum Gasteiger partial charge on any atom is -0.465 e. The lowest BCUT2D eigenvalue weighted by Crippen LogP contribution is -2.49. The average Bonchev–Trinajstić information content (AvgIpc) is 3.41. The number of imide groups is 1. The molecule has 2 saturated heterocycles. The zero-order valence-corrected chi connectivity index (χ0v) is 18.4. The number of carboxylic acid groups (broad SMARTS) is 1. The van der Waals surface area contributed by atoms with Gasteiger partial charge >= 0.3 is 6.09 Å². The normalized spacial score (nSPS) is 28.4. The molecule has 5 rings (SSSR count). The summed E-state index contributed by atoms with van der Waals surface area (Å²) in [6, 6.07) is 4.45. The predicted octanol–water partition coefficient (Wildman–Crippen LogP) is 0.869. The fraction of sp³-hybridized carbons (Fsp3) is 0.522. The fourth-order valence-corrected chi connectivity index (χ4v) is 5.19. The van der Waals surface area contributed by atoms with Crippen molar-refractivity contribution in [2.75, 3.05) is 19.6 Å². The molecular formula is C23H25FN4O6. The molecule has 0 radical (unpaired) electrons. The van der Waals surface area contributed by atoms with E-state index in [1.807, 2.05) is 0 Å². The molecule has 1 saturated carbocycles. The summed E-state index contributed by atoms with van der Waals surface area (Å²) in [5, 5.41) is 12.0. The summed E-state index contributed by atoms with van der Waals surface area (Å²) >= 11 is 0. The molecule has 0 spiro atoms. The molecule has 4 atom stereocenters. The number of halogens is 1. The second kappa shape index (κ2) is 8.37. The van der Waals surface area contributed by atoms with Crippen LogP contribution in [0.3, 0.4) is 0 Å². The number of fused-ring (bicyclic) bond motifs is 1. The molecule has 1 aromatic rings. The second-order valence-corrected chi connectivity index (χ2v) is 9.41. The van der Waals surface area contributed by atoms with Crippen LogP contribution in [0.25, 0.3) is 0 Å². The third-order valence-corrected chi connectivity index (χ3v) is 7.04. The lowest BCUT2D eigenvalue weighted by atomic mass is 10.1. The topological polar surface area (TPSA) is 127 Å². The maximum Gasteiger partial charge on any atom is 0.408 e. The van der Waals surface area contributed by atoms with Crippen LogP contribution in [0.5, 0.6) is 0 Å². The van der Waals surface area contributed by atoms with Gasteiger partial charge < -0.3 is 15.3 Å². The first-order chi connectivity index (χ1) is 16.2. The summed E-state index contributed by atoms with van der Waals surface area (Å²) in [5.41, 5.74) is 0.650. The zero-order chi connectivity index (χ0) is 24.1. The highest BCUT2D eigenvalue weighted by Crippen LogP contribution is 2.35. The van der Waals surface area contributed by atoms with Crippen molar-refractivity contribution in [2.45, 2.75) is 50.0 Å². The number of rotatable bonds is 5. The van der Waals surface area contributed by atoms with Gasteiger partial charge in [-0.05, 0) is 31.4 Å². The first-order valence-electron chi connectivity index (χ1n) is 11.4. The van der Waals surface area contributed by atoms with Crippen molar-refractivity contribution in [1.29, 1.82) is 0 Å². The summed E-state index contributed by atoms with van der Waals surface area (Å²) < 4.78 is 13.8.